The van der Waals surface area contributed by atoms with Gasteiger partial charge in [-0.05, 0) is 38.0 Å². The van der Waals surface area contributed by atoms with Crippen molar-refractivity contribution in [3.05, 3.63) is 23.8 Å². The van der Waals surface area contributed by atoms with E-state index in [1.165, 1.54) is 0 Å². The van der Waals surface area contributed by atoms with Crippen LogP contribution in [0.3, 0.4) is 0 Å². The van der Waals surface area contributed by atoms with Gasteiger partial charge >= 0.3 is 0 Å². The molecule has 0 fully saturated rings. The number of fused-ring (bicyclic) bond motifs is 1. The average molecular weight is 264 g/mol. The Bertz CT molecular complexity index is 474. The monoisotopic (exact) mass is 264 g/mol. The van der Waals surface area contributed by atoms with Gasteiger partial charge in [-0.15, -0.1) is 0 Å². The van der Waals surface area contributed by atoms with Crippen LogP contribution in [0, 0.1) is 0 Å². The van der Waals surface area contributed by atoms with Crippen LogP contribution >= 0.6 is 0 Å². The Kier molecular flexibility index (Phi) is 4.07. The van der Waals surface area contributed by atoms with E-state index in [4.69, 9.17) is 15.6 Å². The summed E-state index contributed by atoms with van der Waals surface area (Å²) in [5.74, 6) is 0.609. The maximum Gasteiger partial charge on any atom is 0.267 e. The van der Waals surface area contributed by atoms with Crippen LogP contribution in [0.25, 0.3) is 0 Å². The van der Waals surface area contributed by atoms with Crippen molar-refractivity contribution in [1.82, 2.24) is 0 Å². The molecule has 0 aliphatic carbocycles. The van der Waals surface area contributed by atoms with Crippen molar-refractivity contribution in [3.63, 3.8) is 0 Å². The molecule has 2 rings (SSSR count). The second kappa shape index (κ2) is 5.59. The standard InChI is InChI=1S/C14H20N2O3/c1-9(15)11-4-5-13-12(8-11)16(6-3-7-17)14(18)10(2)19-13/h4-5,8-10,17H,3,6-7,15H2,1-2H3. The van der Waals surface area contributed by atoms with Gasteiger partial charge in [-0.2, -0.15) is 0 Å². The molecular weight excluding hydrogens is 244 g/mol. The molecule has 0 aromatic heterocycles. The number of rotatable bonds is 4. The number of carbonyl (C=O) groups is 1. The zero-order chi connectivity index (χ0) is 14.0. The number of ether oxygens (including phenoxy) is 1. The summed E-state index contributed by atoms with van der Waals surface area (Å²) < 4.78 is 5.59. The van der Waals surface area contributed by atoms with E-state index in [1.807, 2.05) is 25.1 Å². The molecule has 5 nitrogen and oxygen atoms in total. The van der Waals surface area contributed by atoms with Crippen molar-refractivity contribution >= 4 is 11.6 Å². The zero-order valence-corrected chi connectivity index (χ0v) is 11.3. The summed E-state index contributed by atoms with van der Waals surface area (Å²) >= 11 is 0. The van der Waals surface area contributed by atoms with E-state index < -0.39 is 6.10 Å². The minimum Gasteiger partial charge on any atom is -0.479 e. The van der Waals surface area contributed by atoms with E-state index in [9.17, 15) is 4.79 Å². The molecule has 1 amide bonds. The lowest BCUT2D eigenvalue weighted by atomic mass is 10.1. The first-order valence-electron chi connectivity index (χ1n) is 6.53. The van der Waals surface area contributed by atoms with Crippen molar-refractivity contribution in [2.45, 2.75) is 32.4 Å². The van der Waals surface area contributed by atoms with E-state index in [0.29, 0.717) is 18.7 Å². The Hall–Kier alpha value is -1.59. The van der Waals surface area contributed by atoms with Crippen molar-refractivity contribution < 1.29 is 14.6 Å². The quantitative estimate of drug-likeness (QED) is 0.857. The molecule has 1 aliphatic rings. The Balaban J connectivity index is 2.38. The Morgan fingerprint density at radius 2 is 2.26 bits per heavy atom. The smallest absolute Gasteiger partial charge is 0.267 e. The number of aliphatic hydroxyl groups excluding tert-OH is 1. The Labute approximate surface area is 113 Å². The van der Waals surface area contributed by atoms with Gasteiger partial charge in [0.1, 0.15) is 5.75 Å². The fraction of sp³-hybridized carbons (Fsp3) is 0.500. The van der Waals surface area contributed by atoms with Crippen molar-refractivity contribution in [3.8, 4) is 5.75 Å². The van der Waals surface area contributed by atoms with E-state index in [0.717, 1.165) is 11.3 Å². The van der Waals surface area contributed by atoms with Gasteiger partial charge in [-0.1, -0.05) is 6.07 Å². The van der Waals surface area contributed by atoms with Crippen LogP contribution in [-0.4, -0.2) is 30.3 Å². The van der Waals surface area contributed by atoms with Crippen molar-refractivity contribution in [1.29, 1.82) is 0 Å². The molecule has 1 aromatic rings. The van der Waals surface area contributed by atoms with Crippen LogP contribution in [0.1, 0.15) is 31.9 Å². The van der Waals surface area contributed by atoms with E-state index in [2.05, 4.69) is 0 Å². The van der Waals surface area contributed by atoms with Crippen LogP contribution in [0.5, 0.6) is 5.75 Å². The number of hydrogen-bond donors (Lipinski definition) is 2. The fourth-order valence-corrected chi connectivity index (χ4v) is 2.17. The molecule has 1 aromatic carbocycles. The molecule has 3 N–H and O–H groups in total. The van der Waals surface area contributed by atoms with Gasteiger partial charge in [0, 0.05) is 19.2 Å². The summed E-state index contributed by atoms with van der Waals surface area (Å²) in [5, 5.41) is 8.95. The number of nitrogens with two attached hydrogens (primary N) is 1. The maximum atomic E-state index is 12.2. The predicted molar refractivity (Wildman–Crippen MR) is 73.2 cm³/mol. The third kappa shape index (κ3) is 2.72. The van der Waals surface area contributed by atoms with Crippen LogP contribution in [0.15, 0.2) is 18.2 Å². The highest BCUT2D eigenvalue weighted by molar-refractivity contribution is 5.99. The maximum absolute atomic E-state index is 12.2. The summed E-state index contributed by atoms with van der Waals surface area (Å²) in [6.45, 7) is 4.17. The molecule has 1 heterocycles. The first-order chi connectivity index (χ1) is 9.04. The molecule has 0 radical (unpaired) electrons. The molecule has 0 saturated carbocycles. The largest absolute Gasteiger partial charge is 0.479 e. The molecule has 0 spiro atoms. The lowest BCUT2D eigenvalue weighted by molar-refractivity contribution is -0.125. The van der Waals surface area contributed by atoms with E-state index >= 15 is 0 Å². The number of carbonyl (C=O) groups excluding carboxylic acids is 1. The SMILES string of the molecule is CC1Oc2ccc(C(C)N)cc2N(CCCO)C1=O. The molecule has 0 saturated heterocycles. The Morgan fingerprint density at radius 3 is 2.89 bits per heavy atom. The highest BCUT2D eigenvalue weighted by atomic mass is 16.5. The lowest BCUT2D eigenvalue weighted by Crippen LogP contribution is -2.45. The zero-order valence-electron chi connectivity index (χ0n) is 11.3. The Morgan fingerprint density at radius 1 is 1.53 bits per heavy atom. The third-order valence-electron chi connectivity index (χ3n) is 3.26. The second-order valence-corrected chi connectivity index (χ2v) is 4.84. The number of nitrogens with zero attached hydrogens (tertiary/aromatic N) is 1. The first kappa shape index (κ1) is 13.8. The molecule has 0 bridgehead atoms. The minimum atomic E-state index is -0.493. The number of benzene rings is 1. The molecule has 2 atom stereocenters. The number of amides is 1. The third-order valence-corrected chi connectivity index (χ3v) is 3.26. The van der Waals surface area contributed by atoms with Gasteiger partial charge in [-0.25, -0.2) is 0 Å². The fourth-order valence-electron chi connectivity index (χ4n) is 2.17. The molecule has 5 heteroatoms. The molecule has 2 unspecified atom stereocenters. The van der Waals surface area contributed by atoms with Gasteiger partial charge in [0.25, 0.3) is 5.91 Å². The molecule has 104 valence electrons. The number of hydrogen-bond acceptors (Lipinski definition) is 4. The average Bonchev–Trinajstić information content (AvgIpc) is 2.39. The van der Waals surface area contributed by atoms with E-state index in [-0.39, 0.29) is 18.6 Å². The molecule has 1 aliphatic heterocycles. The van der Waals surface area contributed by atoms with Gasteiger partial charge < -0.3 is 20.5 Å². The van der Waals surface area contributed by atoms with Crippen LogP contribution in [0.2, 0.25) is 0 Å². The molecule has 19 heavy (non-hydrogen) atoms. The molecular formula is C14H20N2O3. The normalized spacial score (nSPS) is 19.9. The highest BCUT2D eigenvalue weighted by Gasteiger charge is 2.31. The van der Waals surface area contributed by atoms with Crippen LogP contribution in [-0.2, 0) is 4.79 Å². The number of aliphatic hydroxyl groups is 1. The van der Waals surface area contributed by atoms with Crippen LogP contribution < -0.4 is 15.4 Å². The van der Waals surface area contributed by atoms with Gasteiger partial charge in [0.2, 0.25) is 0 Å². The van der Waals surface area contributed by atoms with Gasteiger partial charge in [0.05, 0.1) is 5.69 Å². The first-order valence-corrected chi connectivity index (χ1v) is 6.53. The van der Waals surface area contributed by atoms with Crippen LogP contribution in [0.4, 0.5) is 5.69 Å². The van der Waals surface area contributed by atoms with Gasteiger partial charge in [0.15, 0.2) is 6.10 Å². The summed E-state index contributed by atoms with van der Waals surface area (Å²) in [6.07, 6.45) is 0.0488. The van der Waals surface area contributed by atoms with Gasteiger partial charge in [-0.3, -0.25) is 4.79 Å². The van der Waals surface area contributed by atoms with Crippen molar-refractivity contribution in [2.75, 3.05) is 18.1 Å². The summed E-state index contributed by atoms with van der Waals surface area (Å²) in [5.41, 5.74) is 7.57. The number of anilines is 1. The summed E-state index contributed by atoms with van der Waals surface area (Å²) in [4.78, 5) is 13.8. The second-order valence-electron chi connectivity index (χ2n) is 4.84. The summed E-state index contributed by atoms with van der Waals surface area (Å²) in [6, 6.07) is 5.56. The van der Waals surface area contributed by atoms with E-state index in [1.54, 1.807) is 11.8 Å². The highest BCUT2D eigenvalue weighted by Crippen LogP contribution is 2.35. The summed E-state index contributed by atoms with van der Waals surface area (Å²) in [7, 11) is 0. The lowest BCUT2D eigenvalue weighted by Gasteiger charge is -2.33. The topological polar surface area (TPSA) is 75.8 Å². The predicted octanol–water partition coefficient (Wildman–Crippen LogP) is 1.20. The van der Waals surface area contributed by atoms with Crippen molar-refractivity contribution in [2.24, 2.45) is 5.73 Å². The minimum absolute atomic E-state index is 0.0569.